The van der Waals surface area contributed by atoms with Crippen LogP contribution in [-0.2, 0) is 0 Å². The molecule has 13 heavy (non-hydrogen) atoms. The molecule has 0 spiro atoms. The predicted octanol–water partition coefficient (Wildman–Crippen LogP) is 2.34. The lowest BCUT2D eigenvalue weighted by molar-refractivity contribution is 0.0277. The van der Waals surface area contributed by atoms with Crippen LogP contribution in [0.1, 0.15) is 17.9 Å². The van der Waals surface area contributed by atoms with E-state index in [-0.39, 0.29) is 12.0 Å². The summed E-state index contributed by atoms with van der Waals surface area (Å²) in [4.78, 5) is 0. The second kappa shape index (κ2) is 3.35. The molecule has 1 fully saturated rings. The molecule has 68 valence electrons. The van der Waals surface area contributed by atoms with E-state index in [0.29, 0.717) is 5.92 Å². The van der Waals surface area contributed by atoms with Gasteiger partial charge < -0.3 is 5.11 Å². The lowest BCUT2D eigenvalue weighted by atomic mass is 9.68. The molecule has 0 radical (unpaired) electrons. The van der Waals surface area contributed by atoms with Crippen molar-refractivity contribution in [3.63, 3.8) is 0 Å². The van der Waals surface area contributed by atoms with Gasteiger partial charge >= 0.3 is 0 Å². The van der Waals surface area contributed by atoms with Crippen LogP contribution in [0.5, 0.6) is 0 Å². The number of aliphatic hydroxyl groups is 1. The van der Waals surface area contributed by atoms with E-state index in [0.717, 1.165) is 6.42 Å². The van der Waals surface area contributed by atoms with Gasteiger partial charge in [0.05, 0.1) is 6.10 Å². The number of hydrogen-bond acceptors (Lipinski definition) is 1. The van der Waals surface area contributed by atoms with Crippen LogP contribution in [0.4, 0.5) is 0 Å². The summed E-state index contributed by atoms with van der Waals surface area (Å²) >= 11 is 0. The highest BCUT2D eigenvalue weighted by Gasteiger charge is 2.38. The minimum atomic E-state index is -0.178. The molecule has 1 aromatic rings. The van der Waals surface area contributed by atoms with Crippen molar-refractivity contribution in [2.45, 2.75) is 18.4 Å². The molecule has 0 saturated heterocycles. The van der Waals surface area contributed by atoms with Gasteiger partial charge in [0.25, 0.3) is 0 Å². The van der Waals surface area contributed by atoms with Crippen LogP contribution in [0.15, 0.2) is 43.0 Å². The van der Waals surface area contributed by atoms with Gasteiger partial charge in [-0.15, -0.1) is 6.58 Å². The molecule has 1 nitrogen and oxygen atoms in total. The Morgan fingerprint density at radius 1 is 1.31 bits per heavy atom. The second-order valence-electron chi connectivity index (χ2n) is 3.63. The maximum atomic E-state index is 9.47. The van der Waals surface area contributed by atoms with Gasteiger partial charge in [-0.2, -0.15) is 0 Å². The van der Waals surface area contributed by atoms with E-state index in [1.54, 1.807) is 0 Å². The molecule has 3 atom stereocenters. The first kappa shape index (κ1) is 8.52. The third-order valence-corrected chi connectivity index (χ3v) is 2.90. The Morgan fingerprint density at radius 2 is 2.00 bits per heavy atom. The van der Waals surface area contributed by atoms with Crippen LogP contribution in [0.3, 0.4) is 0 Å². The topological polar surface area (TPSA) is 20.2 Å². The summed E-state index contributed by atoms with van der Waals surface area (Å²) in [5.41, 5.74) is 1.32. The summed E-state index contributed by atoms with van der Waals surface area (Å²) in [6.45, 7) is 3.75. The average molecular weight is 174 g/mol. The van der Waals surface area contributed by atoms with E-state index in [9.17, 15) is 5.11 Å². The van der Waals surface area contributed by atoms with Crippen molar-refractivity contribution < 1.29 is 5.11 Å². The number of aliphatic hydroxyl groups excluding tert-OH is 1. The Labute approximate surface area is 78.7 Å². The van der Waals surface area contributed by atoms with E-state index >= 15 is 0 Å². The number of hydrogen-bond donors (Lipinski definition) is 1. The van der Waals surface area contributed by atoms with Gasteiger partial charge in [0, 0.05) is 5.92 Å². The Morgan fingerprint density at radius 3 is 2.54 bits per heavy atom. The monoisotopic (exact) mass is 174 g/mol. The van der Waals surface area contributed by atoms with Crippen LogP contribution in [-0.4, -0.2) is 11.2 Å². The normalized spacial score (nSPS) is 32.2. The molecule has 0 amide bonds. The van der Waals surface area contributed by atoms with Gasteiger partial charge in [-0.1, -0.05) is 36.4 Å². The molecule has 1 aliphatic rings. The van der Waals surface area contributed by atoms with Gasteiger partial charge in [-0.3, -0.25) is 0 Å². The molecule has 3 unspecified atom stereocenters. The van der Waals surface area contributed by atoms with Crippen LogP contribution in [0, 0.1) is 5.92 Å². The highest BCUT2D eigenvalue weighted by atomic mass is 16.3. The molecule has 0 heterocycles. The molecule has 1 N–H and O–H groups in total. The quantitative estimate of drug-likeness (QED) is 0.682. The van der Waals surface area contributed by atoms with Crippen LogP contribution < -0.4 is 0 Å². The fourth-order valence-electron chi connectivity index (χ4n) is 2.03. The van der Waals surface area contributed by atoms with Crippen molar-refractivity contribution in [1.29, 1.82) is 0 Å². The summed E-state index contributed by atoms with van der Waals surface area (Å²) < 4.78 is 0. The Kier molecular flexibility index (Phi) is 2.19. The zero-order valence-corrected chi connectivity index (χ0v) is 7.56. The zero-order chi connectivity index (χ0) is 9.26. The minimum absolute atomic E-state index is 0.178. The van der Waals surface area contributed by atoms with E-state index < -0.39 is 0 Å². The number of rotatable bonds is 2. The fourth-order valence-corrected chi connectivity index (χ4v) is 2.03. The van der Waals surface area contributed by atoms with Gasteiger partial charge in [-0.05, 0) is 17.9 Å². The smallest absolute Gasteiger partial charge is 0.0614 e. The van der Waals surface area contributed by atoms with Crippen molar-refractivity contribution in [2.24, 2.45) is 5.92 Å². The number of benzene rings is 1. The fraction of sp³-hybridized carbons (Fsp3) is 0.333. The largest absolute Gasteiger partial charge is 0.392 e. The highest BCUT2D eigenvalue weighted by molar-refractivity contribution is 5.25. The standard InChI is InChI=1S/C12H14O/c1-2-10-11(8-12(10)13)9-6-4-3-5-7-9/h2-7,10-13H,1,8H2. The van der Waals surface area contributed by atoms with Crippen molar-refractivity contribution >= 4 is 0 Å². The van der Waals surface area contributed by atoms with Crippen LogP contribution >= 0.6 is 0 Å². The molecular weight excluding hydrogens is 160 g/mol. The van der Waals surface area contributed by atoms with Crippen LogP contribution in [0.25, 0.3) is 0 Å². The first-order chi connectivity index (χ1) is 6.33. The van der Waals surface area contributed by atoms with E-state index in [2.05, 4.69) is 18.7 Å². The van der Waals surface area contributed by atoms with Crippen molar-refractivity contribution in [3.8, 4) is 0 Å². The second-order valence-corrected chi connectivity index (χ2v) is 3.63. The van der Waals surface area contributed by atoms with Gasteiger partial charge in [0.2, 0.25) is 0 Å². The lowest BCUT2D eigenvalue weighted by Gasteiger charge is -2.40. The van der Waals surface area contributed by atoms with Crippen molar-refractivity contribution in [3.05, 3.63) is 48.6 Å². The Bertz CT molecular complexity index is 291. The molecule has 0 aliphatic heterocycles. The maximum absolute atomic E-state index is 9.47. The lowest BCUT2D eigenvalue weighted by Crippen LogP contribution is -2.37. The van der Waals surface area contributed by atoms with E-state index in [1.807, 2.05) is 24.3 Å². The van der Waals surface area contributed by atoms with Crippen molar-refractivity contribution in [2.75, 3.05) is 0 Å². The van der Waals surface area contributed by atoms with E-state index in [4.69, 9.17) is 0 Å². The summed E-state index contributed by atoms with van der Waals surface area (Å²) in [5, 5.41) is 9.47. The van der Waals surface area contributed by atoms with Crippen LogP contribution in [0.2, 0.25) is 0 Å². The summed E-state index contributed by atoms with van der Waals surface area (Å²) in [5.74, 6) is 0.732. The molecule has 2 rings (SSSR count). The maximum Gasteiger partial charge on any atom is 0.0614 e. The van der Waals surface area contributed by atoms with Gasteiger partial charge in [0.15, 0.2) is 0 Å². The Hall–Kier alpha value is -1.08. The SMILES string of the molecule is C=CC1C(O)CC1c1ccccc1. The molecule has 0 bridgehead atoms. The first-order valence-electron chi connectivity index (χ1n) is 4.68. The zero-order valence-electron chi connectivity index (χ0n) is 7.56. The molecule has 1 heteroatoms. The molecule has 1 aliphatic carbocycles. The molecule has 1 aromatic carbocycles. The van der Waals surface area contributed by atoms with Crippen molar-refractivity contribution in [1.82, 2.24) is 0 Å². The minimum Gasteiger partial charge on any atom is -0.392 e. The summed E-state index contributed by atoms with van der Waals surface area (Å²) in [6.07, 6.45) is 2.56. The molecular formula is C12H14O. The molecule has 1 saturated carbocycles. The van der Waals surface area contributed by atoms with Gasteiger partial charge in [0.1, 0.15) is 0 Å². The first-order valence-corrected chi connectivity index (χ1v) is 4.68. The third-order valence-electron chi connectivity index (χ3n) is 2.90. The van der Waals surface area contributed by atoms with Gasteiger partial charge in [-0.25, -0.2) is 0 Å². The van der Waals surface area contributed by atoms with E-state index in [1.165, 1.54) is 5.56 Å². The molecule has 0 aromatic heterocycles. The third kappa shape index (κ3) is 1.40. The summed E-state index contributed by atoms with van der Waals surface area (Å²) in [6, 6.07) is 10.3. The Balaban J connectivity index is 2.16. The summed E-state index contributed by atoms with van der Waals surface area (Å²) in [7, 11) is 0. The highest BCUT2D eigenvalue weighted by Crippen LogP contribution is 2.43. The predicted molar refractivity (Wildman–Crippen MR) is 53.5 cm³/mol. The average Bonchev–Trinajstić information content (AvgIpc) is 2.16.